The van der Waals surface area contributed by atoms with Crippen LogP contribution in [0.25, 0.3) is 0 Å². The second kappa shape index (κ2) is 10.1. The third-order valence-electron chi connectivity index (χ3n) is 5.83. The summed E-state index contributed by atoms with van der Waals surface area (Å²) < 4.78 is 5.86. The maximum absolute atomic E-state index is 4.84. The Bertz CT molecular complexity index is 864. The fourth-order valence-corrected chi connectivity index (χ4v) is 3.43. The molecule has 0 aliphatic rings. The van der Waals surface area contributed by atoms with Crippen molar-refractivity contribution in [3.63, 3.8) is 0 Å². The van der Waals surface area contributed by atoms with Gasteiger partial charge in [-0.25, -0.2) is 0 Å². The van der Waals surface area contributed by atoms with Crippen molar-refractivity contribution in [3.05, 3.63) is 33.8 Å². The van der Waals surface area contributed by atoms with Gasteiger partial charge in [-0.05, 0) is 58.2 Å². The van der Waals surface area contributed by atoms with Crippen LogP contribution < -0.4 is 16.8 Å². The molecule has 6 nitrogen and oxygen atoms in total. The molecule has 0 unspecified atom stereocenters. The molecule has 9 heteroatoms. The van der Waals surface area contributed by atoms with Gasteiger partial charge in [-0.3, -0.25) is 14.0 Å². The third kappa shape index (κ3) is 4.73. The first-order chi connectivity index (χ1) is 13.1. The van der Waals surface area contributed by atoms with Crippen LogP contribution >= 0.6 is 12.4 Å². The van der Waals surface area contributed by atoms with Gasteiger partial charge in [-0.1, -0.05) is 0 Å². The van der Waals surface area contributed by atoms with Crippen LogP contribution in [0, 0.1) is 41.5 Å². The SMILES string of the molecule is Cc1c(B(c2nn(C)c(C)c2C)c2nn(C)c(C)c2C)nn(C)c1C.Cl.[CH3][Ti][CH3]. The molecule has 3 aromatic heterocycles. The zero-order valence-electron chi connectivity index (χ0n) is 19.7. The Morgan fingerprint density at radius 1 is 0.586 bits per heavy atom. The van der Waals surface area contributed by atoms with Gasteiger partial charge in [-0.2, -0.15) is 15.3 Å². The molecular weight excluding hydrogens is 418 g/mol. The number of aromatic nitrogens is 6. The first kappa shape index (κ1) is 25.7. The summed E-state index contributed by atoms with van der Waals surface area (Å²) in [4.78, 5) is 0. The zero-order valence-corrected chi connectivity index (χ0v) is 22.0. The van der Waals surface area contributed by atoms with E-state index in [1.807, 2.05) is 35.2 Å². The minimum atomic E-state index is -0.0558. The summed E-state index contributed by atoms with van der Waals surface area (Å²) in [6, 6.07) is 0. The summed E-state index contributed by atoms with van der Waals surface area (Å²) in [7, 11) is 5.99. The van der Waals surface area contributed by atoms with Gasteiger partial charge in [0.1, 0.15) is 0 Å². The Kier molecular flexibility index (Phi) is 9.00. The molecule has 0 aromatic carbocycles. The molecule has 0 aliphatic heterocycles. The van der Waals surface area contributed by atoms with E-state index >= 15 is 0 Å². The molecule has 3 heterocycles. The monoisotopic (exact) mass is 452 g/mol. The average molecular weight is 453 g/mol. The van der Waals surface area contributed by atoms with E-state index in [4.69, 9.17) is 15.3 Å². The third-order valence-corrected chi connectivity index (χ3v) is 5.83. The molecule has 29 heavy (non-hydrogen) atoms. The van der Waals surface area contributed by atoms with Crippen molar-refractivity contribution in [3.8, 4) is 0 Å². The van der Waals surface area contributed by atoms with Gasteiger partial charge in [-0.15, -0.1) is 12.4 Å². The van der Waals surface area contributed by atoms with Crippen molar-refractivity contribution < 1.29 is 19.2 Å². The number of rotatable bonds is 3. The van der Waals surface area contributed by atoms with Crippen LogP contribution in [0.5, 0.6) is 0 Å². The van der Waals surface area contributed by atoms with E-state index in [-0.39, 0.29) is 19.1 Å². The number of hydrogen-bond acceptors (Lipinski definition) is 3. The number of halogens is 1. The summed E-state index contributed by atoms with van der Waals surface area (Å²) >= 11 is 0.500. The molecule has 158 valence electrons. The van der Waals surface area contributed by atoms with E-state index in [1.165, 1.54) is 33.8 Å². The van der Waals surface area contributed by atoms with Gasteiger partial charge in [0.05, 0.1) is 0 Å². The molecule has 0 spiro atoms. The van der Waals surface area contributed by atoms with Crippen molar-refractivity contribution in [2.45, 2.75) is 52.0 Å². The number of nitrogens with zero attached hydrogens (tertiary/aromatic N) is 6. The maximum atomic E-state index is 4.84. The Balaban J connectivity index is 0.000000990. The first-order valence-corrected chi connectivity index (χ1v) is 12.8. The average Bonchev–Trinajstić information content (AvgIpc) is 3.15. The van der Waals surface area contributed by atoms with Crippen LogP contribution in [-0.2, 0) is 40.3 Å². The zero-order chi connectivity index (χ0) is 21.3. The summed E-state index contributed by atoms with van der Waals surface area (Å²) in [6.45, 7) is 12.7. The van der Waals surface area contributed by atoms with Gasteiger partial charge in [0.2, 0.25) is 0 Å². The standard InChI is InChI=1S/C18H27BN6.2CH3.ClH.Ti/c1-10-13(4)23(7)20-16(10)19(17-11(2)14(5)24(8)21-17)18-12(3)15(6)25(9)22-18;;;;/h1-9H3;2*1H3;1H;. The molecule has 0 amide bonds. The Labute approximate surface area is 190 Å². The van der Waals surface area contributed by atoms with E-state index < -0.39 is 0 Å². The second-order valence-corrected chi connectivity index (χ2v) is 9.15. The van der Waals surface area contributed by atoms with E-state index in [0.717, 1.165) is 16.8 Å². The molecular formula is C20H34BClN6Ti. The van der Waals surface area contributed by atoms with Crippen LogP contribution in [0.3, 0.4) is 0 Å². The van der Waals surface area contributed by atoms with Crippen molar-refractivity contribution in [1.29, 1.82) is 0 Å². The van der Waals surface area contributed by atoms with Gasteiger partial charge in [0.15, 0.2) is 0 Å². The summed E-state index contributed by atoms with van der Waals surface area (Å²) in [5.74, 6) is 0. The number of hydrogen-bond donors (Lipinski definition) is 0. The summed E-state index contributed by atoms with van der Waals surface area (Å²) in [5.41, 5.74) is 10.3. The van der Waals surface area contributed by atoms with Gasteiger partial charge < -0.3 is 0 Å². The van der Waals surface area contributed by atoms with Crippen LogP contribution in [-0.4, -0.2) is 36.1 Å². The van der Waals surface area contributed by atoms with E-state index in [9.17, 15) is 0 Å². The molecule has 3 rings (SSSR count). The van der Waals surface area contributed by atoms with Crippen LogP contribution in [0.4, 0.5) is 0 Å². The number of aryl methyl sites for hydroxylation is 3. The van der Waals surface area contributed by atoms with Crippen molar-refractivity contribution >= 4 is 35.9 Å². The van der Waals surface area contributed by atoms with Crippen LogP contribution in [0.1, 0.15) is 33.8 Å². The predicted octanol–water partition coefficient (Wildman–Crippen LogP) is 1.84. The van der Waals surface area contributed by atoms with Crippen LogP contribution in [0.2, 0.25) is 10.5 Å². The molecule has 0 saturated heterocycles. The summed E-state index contributed by atoms with van der Waals surface area (Å²) in [6.07, 6.45) is 0. The van der Waals surface area contributed by atoms with Gasteiger partial charge in [0.25, 0.3) is 0 Å². The van der Waals surface area contributed by atoms with E-state index in [1.54, 1.807) is 0 Å². The van der Waals surface area contributed by atoms with Crippen molar-refractivity contribution in [2.75, 3.05) is 0 Å². The Morgan fingerprint density at radius 2 is 0.793 bits per heavy atom. The molecule has 0 atom stereocenters. The normalized spacial score (nSPS) is 10.3. The molecule has 0 aliphatic carbocycles. The second-order valence-electron chi connectivity index (χ2n) is 7.59. The molecule has 0 saturated carbocycles. The molecule has 0 N–H and O–H groups in total. The molecule has 0 fully saturated rings. The van der Waals surface area contributed by atoms with Gasteiger partial charge in [0, 0.05) is 55.0 Å². The van der Waals surface area contributed by atoms with Crippen molar-refractivity contribution in [1.82, 2.24) is 29.3 Å². The fraction of sp³-hybridized carbons (Fsp3) is 0.550. The van der Waals surface area contributed by atoms with Crippen LogP contribution in [0.15, 0.2) is 0 Å². The molecule has 3 aromatic rings. The molecule has 0 bridgehead atoms. The predicted molar refractivity (Wildman–Crippen MR) is 122 cm³/mol. The molecule has 0 radical (unpaired) electrons. The minimum absolute atomic E-state index is 0. The first-order valence-electron chi connectivity index (χ1n) is 9.65. The summed E-state index contributed by atoms with van der Waals surface area (Å²) in [5, 5.41) is 19.0. The quantitative estimate of drug-likeness (QED) is 0.570. The Hall–Kier alpha value is -1.30. The van der Waals surface area contributed by atoms with E-state index in [2.05, 4.69) is 52.0 Å². The fourth-order valence-electron chi connectivity index (χ4n) is 3.43. The Morgan fingerprint density at radius 3 is 0.931 bits per heavy atom. The van der Waals surface area contributed by atoms with Gasteiger partial charge >= 0.3 is 36.3 Å². The van der Waals surface area contributed by atoms with Crippen molar-refractivity contribution in [2.24, 2.45) is 21.1 Å². The topological polar surface area (TPSA) is 53.5 Å². The van der Waals surface area contributed by atoms with E-state index in [0.29, 0.717) is 19.2 Å².